The minimum Gasteiger partial charge on any atom is -0.478 e. The number of aryl methyl sites for hydroxylation is 1. The number of carbonyl (C=O) groups is 2. The fraction of sp³-hybridized carbons (Fsp3) is 0.0526. The summed E-state index contributed by atoms with van der Waals surface area (Å²) in [6.45, 7) is 1.94. The Hall–Kier alpha value is -3.08. The Morgan fingerprint density at radius 1 is 1.07 bits per heavy atom. The zero-order valence-corrected chi connectivity index (χ0v) is 16.6. The fourth-order valence-corrected chi connectivity index (χ4v) is 4.19. The maximum absolute atomic E-state index is 13.5. The predicted molar refractivity (Wildman–Crippen MR) is 106 cm³/mol. The Kier molecular flexibility index (Phi) is 5.78. The van der Waals surface area contributed by atoms with Gasteiger partial charge in [0.05, 0.1) is 10.5 Å². The number of carbonyl (C=O) groups excluding carboxylic acids is 1. The highest BCUT2D eigenvalue weighted by molar-refractivity contribution is 7.89. The topological polar surface area (TPSA) is 113 Å². The van der Waals surface area contributed by atoms with E-state index in [9.17, 15) is 22.4 Å². The molecule has 1 amide bonds. The number of sulfonamides is 1. The molecule has 29 heavy (non-hydrogen) atoms. The molecule has 3 N–H and O–H groups in total. The molecule has 0 bridgehead atoms. The van der Waals surface area contributed by atoms with Crippen LogP contribution in [0, 0.1) is 12.7 Å². The number of benzene rings is 2. The summed E-state index contributed by atoms with van der Waals surface area (Å²) < 4.78 is 38.2. The number of rotatable bonds is 6. The molecule has 0 saturated heterocycles. The van der Waals surface area contributed by atoms with Crippen LogP contribution in [0.2, 0.25) is 0 Å². The van der Waals surface area contributed by atoms with E-state index in [-0.39, 0.29) is 0 Å². The number of halogens is 1. The van der Waals surface area contributed by atoms with Crippen LogP contribution in [0.5, 0.6) is 0 Å². The van der Waals surface area contributed by atoms with Crippen molar-refractivity contribution in [3.05, 3.63) is 75.7 Å². The third-order valence-corrected chi connectivity index (χ3v) is 6.17. The molecule has 0 atom stereocenters. The van der Waals surface area contributed by atoms with Crippen molar-refractivity contribution in [1.29, 1.82) is 0 Å². The molecule has 0 radical (unpaired) electrons. The second-order valence-corrected chi connectivity index (χ2v) is 8.63. The molecule has 0 saturated carbocycles. The van der Waals surface area contributed by atoms with Gasteiger partial charge in [-0.2, -0.15) is 0 Å². The van der Waals surface area contributed by atoms with Crippen LogP contribution in [0.15, 0.2) is 58.8 Å². The molecule has 0 aliphatic rings. The molecule has 3 aromatic rings. The molecule has 150 valence electrons. The highest BCUT2D eigenvalue weighted by atomic mass is 32.2. The molecule has 2 aromatic carbocycles. The van der Waals surface area contributed by atoms with Crippen molar-refractivity contribution in [2.24, 2.45) is 0 Å². The van der Waals surface area contributed by atoms with Crippen molar-refractivity contribution in [3.8, 4) is 11.1 Å². The van der Waals surface area contributed by atoms with Crippen molar-refractivity contribution in [2.45, 2.75) is 11.8 Å². The lowest BCUT2D eigenvalue weighted by molar-refractivity contribution is 0.0691. The first-order chi connectivity index (χ1) is 13.7. The molecule has 0 aliphatic heterocycles. The summed E-state index contributed by atoms with van der Waals surface area (Å²) in [5, 5.41) is 10.6. The molecule has 0 aliphatic carbocycles. The Morgan fingerprint density at radius 2 is 1.76 bits per heavy atom. The van der Waals surface area contributed by atoms with Gasteiger partial charge in [0.25, 0.3) is 15.9 Å². The lowest BCUT2D eigenvalue weighted by Gasteiger charge is -2.10. The van der Waals surface area contributed by atoms with Crippen LogP contribution in [0.1, 0.15) is 25.6 Å². The van der Waals surface area contributed by atoms with E-state index in [0.29, 0.717) is 16.5 Å². The SMILES string of the molecule is Cc1ccc(-c2ccsc2C(=O)NNS(=O)(=O)c2ccc(F)c(C(=O)O)c2)cc1. The standard InChI is InChI=1S/C19H15FN2O5S2/c1-11-2-4-12(5-3-11)14-8-9-28-17(14)18(23)21-22-29(26,27)13-6-7-16(20)15(10-13)19(24)25/h2-10,22H,1H3,(H,21,23)(H,24,25). The van der Waals surface area contributed by atoms with Gasteiger partial charge in [0.1, 0.15) is 10.7 Å². The van der Waals surface area contributed by atoms with Gasteiger partial charge >= 0.3 is 5.97 Å². The Bertz CT molecular complexity index is 1190. The first-order valence-electron chi connectivity index (χ1n) is 8.18. The van der Waals surface area contributed by atoms with Gasteiger partial charge in [-0.1, -0.05) is 29.8 Å². The van der Waals surface area contributed by atoms with E-state index >= 15 is 0 Å². The normalized spacial score (nSPS) is 11.2. The minimum absolute atomic E-state index is 0.293. The summed E-state index contributed by atoms with van der Waals surface area (Å²) >= 11 is 1.14. The summed E-state index contributed by atoms with van der Waals surface area (Å²) in [6.07, 6.45) is 0. The maximum atomic E-state index is 13.5. The average molecular weight is 434 g/mol. The van der Waals surface area contributed by atoms with Crippen LogP contribution in [-0.4, -0.2) is 25.4 Å². The molecule has 0 fully saturated rings. The molecule has 0 unspecified atom stereocenters. The van der Waals surface area contributed by atoms with E-state index in [4.69, 9.17) is 5.11 Å². The minimum atomic E-state index is -4.31. The quantitative estimate of drug-likeness (QED) is 0.516. The Labute approximate surface area is 169 Å². The van der Waals surface area contributed by atoms with Crippen molar-refractivity contribution in [1.82, 2.24) is 10.3 Å². The number of amides is 1. The number of hydrogen-bond acceptors (Lipinski definition) is 5. The molecule has 1 aromatic heterocycles. The summed E-state index contributed by atoms with van der Waals surface area (Å²) in [7, 11) is -4.31. The molecule has 10 heteroatoms. The van der Waals surface area contributed by atoms with Gasteiger partial charge < -0.3 is 5.11 Å². The number of aromatic carboxylic acids is 1. The van der Waals surface area contributed by atoms with Gasteiger partial charge in [-0.15, -0.1) is 16.2 Å². The number of carboxylic acid groups (broad SMARTS) is 1. The zero-order chi connectivity index (χ0) is 21.2. The highest BCUT2D eigenvalue weighted by Crippen LogP contribution is 2.28. The number of nitrogens with one attached hydrogen (secondary N) is 2. The second-order valence-electron chi connectivity index (χ2n) is 6.04. The zero-order valence-electron chi connectivity index (χ0n) is 15.0. The highest BCUT2D eigenvalue weighted by Gasteiger charge is 2.21. The van der Waals surface area contributed by atoms with E-state index in [2.05, 4.69) is 5.43 Å². The third-order valence-electron chi connectivity index (χ3n) is 4.01. The van der Waals surface area contributed by atoms with Crippen LogP contribution < -0.4 is 10.3 Å². The van der Waals surface area contributed by atoms with Gasteiger partial charge in [0.15, 0.2) is 0 Å². The van der Waals surface area contributed by atoms with Crippen molar-refractivity contribution in [2.75, 3.05) is 0 Å². The summed E-state index contributed by atoms with van der Waals surface area (Å²) in [4.78, 5) is 25.2. The number of hydrazine groups is 1. The summed E-state index contributed by atoms with van der Waals surface area (Å²) in [5.41, 5.74) is 3.81. The lowest BCUT2D eigenvalue weighted by Crippen LogP contribution is -2.41. The van der Waals surface area contributed by atoms with Crippen LogP contribution in [0.3, 0.4) is 0 Å². The van der Waals surface area contributed by atoms with E-state index in [1.807, 2.05) is 36.0 Å². The number of carboxylic acids is 1. The van der Waals surface area contributed by atoms with Crippen LogP contribution in [0.25, 0.3) is 11.1 Å². The van der Waals surface area contributed by atoms with E-state index in [1.54, 1.807) is 11.4 Å². The predicted octanol–water partition coefficient (Wildman–Crippen LogP) is 3.18. The monoisotopic (exact) mass is 434 g/mol. The van der Waals surface area contributed by atoms with E-state index in [0.717, 1.165) is 34.6 Å². The molecular weight excluding hydrogens is 419 g/mol. The number of hydrogen-bond donors (Lipinski definition) is 3. The first kappa shape index (κ1) is 20.6. The molecular formula is C19H15FN2O5S2. The molecule has 7 nitrogen and oxygen atoms in total. The second kappa shape index (κ2) is 8.11. The lowest BCUT2D eigenvalue weighted by atomic mass is 10.1. The maximum Gasteiger partial charge on any atom is 0.338 e. The Balaban J connectivity index is 1.79. The van der Waals surface area contributed by atoms with Crippen molar-refractivity contribution >= 4 is 33.2 Å². The molecule has 0 spiro atoms. The van der Waals surface area contributed by atoms with Gasteiger partial charge in [0, 0.05) is 5.56 Å². The van der Waals surface area contributed by atoms with Crippen LogP contribution >= 0.6 is 11.3 Å². The van der Waals surface area contributed by atoms with E-state index < -0.39 is 38.2 Å². The van der Waals surface area contributed by atoms with Gasteiger partial charge in [-0.3, -0.25) is 10.2 Å². The van der Waals surface area contributed by atoms with Crippen molar-refractivity contribution < 1.29 is 27.5 Å². The molecule has 3 rings (SSSR count). The Morgan fingerprint density at radius 3 is 2.41 bits per heavy atom. The fourth-order valence-electron chi connectivity index (χ4n) is 2.51. The van der Waals surface area contributed by atoms with Crippen molar-refractivity contribution in [3.63, 3.8) is 0 Å². The van der Waals surface area contributed by atoms with Gasteiger partial charge in [-0.05, 0) is 42.1 Å². The van der Waals surface area contributed by atoms with Gasteiger partial charge in [0.2, 0.25) is 0 Å². The summed E-state index contributed by atoms with van der Waals surface area (Å²) in [6, 6.07) is 11.5. The average Bonchev–Trinajstić information content (AvgIpc) is 3.16. The number of thiophene rings is 1. The first-order valence-corrected chi connectivity index (χ1v) is 10.5. The smallest absolute Gasteiger partial charge is 0.338 e. The largest absolute Gasteiger partial charge is 0.478 e. The van der Waals surface area contributed by atoms with Crippen LogP contribution in [-0.2, 0) is 10.0 Å². The van der Waals surface area contributed by atoms with Gasteiger partial charge in [-0.25, -0.2) is 17.6 Å². The third kappa shape index (κ3) is 4.50. The van der Waals surface area contributed by atoms with E-state index in [1.165, 1.54) is 0 Å². The summed E-state index contributed by atoms with van der Waals surface area (Å²) in [5.74, 6) is -3.36. The van der Waals surface area contributed by atoms with Crippen LogP contribution in [0.4, 0.5) is 4.39 Å². The molecule has 1 heterocycles.